The van der Waals surface area contributed by atoms with E-state index in [1.54, 1.807) is 19.4 Å². The molecule has 0 radical (unpaired) electrons. The Balaban J connectivity index is 2.23. The standard InChI is InChI=1S/C21H31N5O4/c1-5-22-20(27)13-26-21(28)11-9-18(24-26)16-8-10-19(23-12-16)25(6-2)17(14-29-4)15-30-7-3/h8-12,17H,5-7,13-15H2,1-4H3,(H,22,27). The van der Waals surface area contributed by atoms with Crippen molar-refractivity contribution < 1.29 is 14.3 Å². The smallest absolute Gasteiger partial charge is 0.267 e. The maximum absolute atomic E-state index is 12.0. The predicted octanol–water partition coefficient (Wildman–Crippen LogP) is 1.32. The number of carbonyl (C=O) groups is 1. The largest absolute Gasteiger partial charge is 0.382 e. The van der Waals surface area contributed by atoms with Crippen LogP contribution in [0.4, 0.5) is 5.82 Å². The summed E-state index contributed by atoms with van der Waals surface area (Å²) in [6, 6.07) is 6.90. The maximum atomic E-state index is 12.0. The summed E-state index contributed by atoms with van der Waals surface area (Å²) < 4.78 is 12.1. The summed E-state index contributed by atoms with van der Waals surface area (Å²) in [4.78, 5) is 30.5. The van der Waals surface area contributed by atoms with E-state index >= 15 is 0 Å². The van der Waals surface area contributed by atoms with Crippen molar-refractivity contribution in [1.82, 2.24) is 20.1 Å². The number of aromatic nitrogens is 3. The second-order valence-corrected chi connectivity index (χ2v) is 6.63. The molecule has 2 rings (SSSR count). The lowest BCUT2D eigenvalue weighted by atomic mass is 10.2. The third-order valence-corrected chi connectivity index (χ3v) is 4.53. The van der Waals surface area contributed by atoms with Crippen molar-refractivity contribution in [3.8, 4) is 11.3 Å². The zero-order valence-electron chi connectivity index (χ0n) is 18.1. The molecular formula is C21H31N5O4. The van der Waals surface area contributed by atoms with Crippen LogP contribution in [-0.2, 0) is 20.8 Å². The minimum Gasteiger partial charge on any atom is -0.382 e. The molecule has 0 aliphatic carbocycles. The molecule has 0 spiro atoms. The molecule has 30 heavy (non-hydrogen) atoms. The fourth-order valence-corrected chi connectivity index (χ4v) is 3.09. The lowest BCUT2D eigenvalue weighted by Gasteiger charge is -2.31. The normalized spacial score (nSPS) is 11.9. The summed E-state index contributed by atoms with van der Waals surface area (Å²) in [5.41, 5.74) is 1.00. The highest BCUT2D eigenvalue weighted by atomic mass is 16.5. The van der Waals surface area contributed by atoms with Crippen LogP contribution < -0.4 is 15.8 Å². The minimum atomic E-state index is -0.329. The van der Waals surface area contributed by atoms with Gasteiger partial charge < -0.3 is 19.7 Å². The van der Waals surface area contributed by atoms with E-state index in [1.165, 1.54) is 6.07 Å². The number of methoxy groups -OCH3 is 1. The van der Waals surface area contributed by atoms with Crippen LogP contribution in [0, 0.1) is 0 Å². The summed E-state index contributed by atoms with van der Waals surface area (Å²) >= 11 is 0. The molecule has 0 bridgehead atoms. The van der Waals surface area contributed by atoms with Gasteiger partial charge in [-0.3, -0.25) is 9.59 Å². The number of amides is 1. The van der Waals surface area contributed by atoms with Gasteiger partial charge in [0.05, 0.1) is 24.9 Å². The van der Waals surface area contributed by atoms with Crippen molar-refractivity contribution in [3.63, 3.8) is 0 Å². The van der Waals surface area contributed by atoms with Crippen molar-refractivity contribution in [2.75, 3.05) is 44.9 Å². The Morgan fingerprint density at radius 2 is 2.00 bits per heavy atom. The summed E-state index contributed by atoms with van der Waals surface area (Å²) in [5.74, 6) is 0.549. The molecule has 0 saturated carbocycles. The molecule has 1 N–H and O–H groups in total. The third kappa shape index (κ3) is 6.36. The second kappa shape index (κ2) is 12.0. The van der Waals surface area contributed by atoms with E-state index in [4.69, 9.17) is 9.47 Å². The van der Waals surface area contributed by atoms with E-state index in [1.807, 2.05) is 26.0 Å². The molecule has 2 aromatic heterocycles. The SMILES string of the molecule is CCNC(=O)Cn1nc(-c2ccc(N(CC)C(COC)COCC)nc2)ccc1=O. The number of hydrogen-bond donors (Lipinski definition) is 1. The van der Waals surface area contributed by atoms with Crippen LogP contribution in [0.2, 0.25) is 0 Å². The van der Waals surface area contributed by atoms with Crippen LogP contribution in [0.5, 0.6) is 0 Å². The number of nitrogens with one attached hydrogen (secondary N) is 1. The van der Waals surface area contributed by atoms with Gasteiger partial charge in [0.2, 0.25) is 5.91 Å². The zero-order chi connectivity index (χ0) is 21.9. The molecule has 2 heterocycles. The summed E-state index contributed by atoms with van der Waals surface area (Å²) in [6.45, 7) is 8.70. The molecule has 9 nitrogen and oxygen atoms in total. The van der Waals surface area contributed by atoms with Crippen molar-refractivity contribution in [2.24, 2.45) is 0 Å². The summed E-state index contributed by atoms with van der Waals surface area (Å²) in [6.07, 6.45) is 1.71. The van der Waals surface area contributed by atoms with E-state index in [9.17, 15) is 9.59 Å². The van der Waals surface area contributed by atoms with E-state index in [0.717, 1.165) is 22.6 Å². The zero-order valence-corrected chi connectivity index (χ0v) is 18.1. The van der Waals surface area contributed by atoms with Gasteiger partial charge in [-0.1, -0.05) is 0 Å². The van der Waals surface area contributed by atoms with Gasteiger partial charge in [0.1, 0.15) is 12.4 Å². The van der Waals surface area contributed by atoms with Crippen molar-refractivity contribution in [2.45, 2.75) is 33.4 Å². The molecule has 0 aromatic carbocycles. The number of ether oxygens (including phenoxy) is 2. The number of nitrogens with zero attached hydrogens (tertiary/aromatic N) is 4. The van der Waals surface area contributed by atoms with Crippen molar-refractivity contribution in [1.29, 1.82) is 0 Å². The van der Waals surface area contributed by atoms with Crippen LogP contribution in [0.25, 0.3) is 11.3 Å². The maximum Gasteiger partial charge on any atom is 0.267 e. The molecule has 0 saturated heterocycles. The Bertz CT molecular complexity index is 853. The predicted molar refractivity (Wildman–Crippen MR) is 116 cm³/mol. The molecule has 9 heteroatoms. The van der Waals surface area contributed by atoms with Gasteiger partial charge in [-0.05, 0) is 39.0 Å². The number of rotatable bonds is 12. The molecule has 0 fully saturated rings. The number of hydrogen-bond acceptors (Lipinski definition) is 7. The van der Waals surface area contributed by atoms with Crippen molar-refractivity contribution in [3.05, 3.63) is 40.8 Å². The van der Waals surface area contributed by atoms with Gasteiger partial charge in [-0.15, -0.1) is 0 Å². The highest BCUT2D eigenvalue weighted by Gasteiger charge is 2.19. The first-order valence-corrected chi connectivity index (χ1v) is 10.2. The monoisotopic (exact) mass is 417 g/mol. The number of likely N-dealkylation sites (N-methyl/N-ethyl adjacent to an activating group) is 2. The van der Waals surface area contributed by atoms with Crippen LogP contribution >= 0.6 is 0 Å². The third-order valence-electron chi connectivity index (χ3n) is 4.53. The van der Waals surface area contributed by atoms with E-state index in [0.29, 0.717) is 32.1 Å². The van der Waals surface area contributed by atoms with Gasteiger partial charge in [0.15, 0.2) is 0 Å². The lowest BCUT2D eigenvalue weighted by molar-refractivity contribution is -0.121. The van der Waals surface area contributed by atoms with E-state index in [2.05, 4.69) is 27.2 Å². The first-order chi connectivity index (χ1) is 14.5. The molecular weight excluding hydrogens is 386 g/mol. The van der Waals surface area contributed by atoms with E-state index in [-0.39, 0.29) is 24.1 Å². The minimum absolute atomic E-state index is 0.0513. The van der Waals surface area contributed by atoms with Crippen molar-refractivity contribution >= 4 is 11.7 Å². The highest BCUT2D eigenvalue weighted by molar-refractivity contribution is 5.75. The van der Waals surface area contributed by atoms with Crippen LogP contribution in [-0.4, -0.2) is 66.7 Å². The average molecular weight is 418 g/mol. The molecule has 0 aliphatic rings. The lowest BCUT2D eigenvalue weighted by Crippen LogP contribution is -2.42. The molecule has 164 valence electrons. The van der Waals surface area contributed by atoms with Gasteiger partial charge >= 0.3 is 0 Å². The molecule has 1 atom stereocenters. The number of anilines is 1. The van der Waals surface area contributed by atoms with Crippen LogP contribution in [0.3, 0.4) is 0 Å². The second-order valence-electron chi connectivity index (χ2n) is 6.63. The fraction of sp³-hybridized carbons (Fsp3) is 0.524. The van der Waals surface area contributed by atoms with Crippen LogP contribution in [0.15, 0.2) is 35.3 Å². The summed E-state index contributed by atoms with van der Waals surface area (Å²) in [5, 5.41) is 6.98. The highest BCUT2D eigenvalue weighted by Crippen LogP contribution is 2.20. The molecule has 1 unspecified atom stereocenters. The van der Waals surface area contributed by atoms with Gasteiger partial charge in [-0.2, -0.15) is 5.10 Å². The Morgan fingerprint density at radius 1 is 1.20 bits per heavy atom. The van der Waals surface area contributed by atoms with Gasteiger partial charge in [0, 0.05) is 44.6 Å². The Hall–Kier alpha value is -2.78. The average Bonchev–Trinajstić information content (AvgIpc) is 2.75. The Morgan fingerprint density at radius 3 is 2.60 bits per heavy atom. The fourth-order valence-electron chi connectivity index (χ4n) is 3.09. The summed E-state index contributed by atoms with van der Waals surface area (Å²) in [7, 11) is 1.67. The first kappa shape index (κ1) is 23.5. The number of pyridine rings is 1. The van der Waals surface area contributed by atoms with E-state index < -0.39 is 0 Å². The first-order valence-electron chi connectivity index (χ1n) is 10.2. The molecule has 0 aliphatic heterocycles. The quantitative estimate of drug-likeness (QED) is 0.556. The van der Waals surface area contributed by atoms with Gasteiger partial charge in [-0.25, -0.2) is 9.67 Å². The Kier molecular flexibility index (Phi) is 9.43. The topological polar surface area (TPSA) is 98.6 Å². The molecule has 2 aromatic rings. The molecule has 1 amide bonds. The Labute approximate surface area is 177 Å². The number of carbonyl (C=O) groups excluding carboxylic acids is 1. The van der Waals surface area contributed by atoms with Gasteiger partial charge in [0.25, 0.3) is 5.56 Å². The van der Waals surface area contributed by atoms with Crippen LogP contribution in [0.1, 0.15) is 20.8 Å².